The lowest BCUT2D eigenvalue weighted by molar-refractivity contribution is 0.360. The average molecular weight is 341 g/mol. The highest BCUT2D eigenvalue weighted by molar-refractivity contribution is 7.66. The van der Waals surface area contributed by atoms with Gasteiger partial charge in [0.05, 0.1) is 17.8 Å². The van der Waals surface area contributed by atoms with Crippen LogP contribution in [-0.4, -0.2) is 9.79 Å². The minimum absolute atomic E-state index is 0.0213. The van der Waals surface area contributed by atoms with Crippen LogP contribution in [0, 0.1) is 0 Å². The van der Waals surface area contributed by atoms with Gasteiger partial charge in [0.15, 0.2) is 0 Å². The summed E-state index contributed by atoms with van der Waals surface area (Å²) in [6.45, 7) is 6.51. The molecule has 116 valence electrons. The third kappa shape index (κ3) is 5.19. The lowest BCUT2D eigenvalue weighted by atomic mass is 10.1. The van der Waals surface area contributed by atoms with Crippen molar-refractivity contribution >= 4 is 31.9 Å². The molecule has 6 nitrogen and oxygen atoms in total. The van der Waals surface area contributed by atoms with Crippen LogP contribution in [0.4, 0.5) is 0 Å². The van der Waals surface area contributed by atoms with Gasteiger partial charge in [0.2, 0.25) is 0 Å². The lowest BCUT2D eigenvalue weighted by Gasteiger charge is -2.07. The molecular weight excluding hydrogens is 326 g/mol. The van der Waals surface area contributed by atoms with Crippen LogP contribution in [0.25, 0.3) is 10.8 Å². The van der Waals surface area contributed by atoms with Crippen molar-refractivity contribution in [3.8, 4) is 0 Å². The topological polar surface area (TPSA) is 93.1 Å². The van der Waals surface area contributed by atoms with Gasteiger partial charge in [-0.25, -0.2) is 0 Å². The summed E-state index contributed by atoms with van der Waals surface area (Å²) in [6, 6.07) is 11.7. The molecule has 2 unspecified atom stereocenters. The molecule has 0 bridgehead atoms. The van der Waals surface area contributed by atoms with Gasteiger partial charge in [-0.2, -0.15) is 0 Å². The van der Waals surface area contributed by atoms with Gasteiger partial charge < -0.3 is 9.63 Å². The molecule has 0 aromatic heterocycles. The van der Waals surface area contributed by atoms with E-state index in [9.17, 15) is 14.0 Å². The van der Waals surface area contributed by atoms with Gasteiger partial charge in [-0.1, -0.05) is 49.6 Å². The maximum atomic E-state index is 11.8. The quantitative estimate of drug-likeness (QED) is 0.637. The van der Waals surface area contributed by atoms with E-state index in [4.69, 9.17) is 4.89 Å². The Morgan fingerprint density at radius 3 is 2.23 bits per heavy atom. The Hall–Kier alpha value is -1.81. The summed E-state index contributed by atoms with van der Waals surface area (Å²) in [6.07, 6.45) is 2.62. The Morgan fingerprint density at radius 1 is 1.09 bits per heavy atom. The maximum absolute atomic E-state index is 11.8. The molecule has 0 fully saturated rings. The van der Waals surface area contributed by atoms with E-state index in [1.807, 2.05) is 0 Å². The van der Waals surface area contributed by atoms with Crippen molar-refractivity contribution in [2.75, 3.05) is 0 Å². The number of fused-ring (bicyclic) bond motifs is 1. The predicted molar refractivity (Wildman–Crippen MR) is 85.8 cm³/mol. The van der Waals surface area contributed by atoms with Crippen LogP contribution in [0.15, 0.2) is 68.1 Å². The van der Waals surface area contributed by atoms with Crippen molar-refractivity contribution in [1.82, 2.24) is 0 Å². The first-order chi connectivity index (χ1) is 10.4. The molecule has 8 heteroatoms. The molecule has 0 aliphatic carbocycles. The first-order valence-electron chi connectivity index (χ1n) is 5.96. The first kappa shape index (κ1) is 18.2. The largest absolute Gasteiger partial charge is 0.703 e. The van der Waals surface area contributed by atoms with Crippen LogP contribution in [0.2, 0.25) is 0 Å². The number of hydrogen-bond acceptors (Lipinski definition) is 4. The van der Waals surface area contributed by atoms with E-state index in [0.717, 1.165) is 5.39 Å². The second-order valence-corrected chi connectivity index (χ2v) is 6.46. The number of ether oxygens (including phenoxy) is 1. The zero-order chi connectivity index (χ0) is 16.6. The summed E-state index contributed by atoms with van der Waals surface area (Å²) in [5.74, 6) is 0. The fraction of sp³-hybridized carbons (Fsp3) is 0. The maximum Gasteiger partial charge on any atom is 0.703 e. The van der Waals surface area contributed by atoms with E-state index in [2.05, 4.69) is 22.2 Å². The molecular formula is C14H15O6P2+. The van der Waals surface area contributed by atoms with E-state index >= 15 is 0 Å². The lowest BCUT2D eigenvalue weighted by Crippen LogP contribution is -2.06. The van der Waals surface area contributed by atoms with E-state index in [-0.39, 0.29) is 5.30 Å². The van der Waals surface area contributed by atoms with E-state index in [1.54, 1.807) is 36.4 Å². The number of benzene rings is 2. The minimum atomic E-state index is -4.28. The highest BCUT2D eigenvalue weighted by Crippen LogP contribution is 2.49. The van der Waals surface area contributed by atoms with Crippen LogP contribution in [-0.2, 0) is 18.2 Å². The zero-order valence-corrected chi connectivity index (χ0v) is 13.3. The highest BCUT2D eigenvalue weighted by Gasteiger charge is 2.35. The third-order valence-corrected chi connectivity index (χ3v) is 4.89. The minimum Gasteiger partial charge on any atom is -0.474 e. The summed E-state index contributed by atoms with van der Waals surface area (Å²) in [7, 11) is -7.41. The van der Waals surface area contributed by atoms with Crippen LogP contribution < -0.4 is 5.30 Å². The van der Waals surface area contributed by atoms with Crippen molar-refractivity contribution < 1.29 is 28.0 Å². The Morgan fingerprint density at radius 2 is 1.68 bits per heavy atom. The van der Waals surface area contributed by atoms with Gasteiger partial charge in [0, 0.05) is 4.57 Å². The second kappa shape index (κ2) is 8.59. The molecule has 22 heavy (non-hydrogen) atoms. The van der Waals surface area contributed by atoms with Crippen LogP contribution >= 0.6 is 15.9 Å². The summed E-state index contributed by atoms with van der Waals surface area (Å²) in [5.41, 5.74) is 0. The van der Waals surface area contributed by atoms with E-state index in [1.165, 1.54) is 18.6 Å². The van der Waals surface area contributed by atoms with Gasteiger partial charge in [-0.15, -0.1) is 4.89 Å². The summed E-state index contributed by atoms with van der Waals surface area (Å²) < 4.78 is 30.9. The van der Waals surface area contributed by atoms with Crippen molar-refractivity contribution in [1.29, 1.82) is 0 Å². The van der Waals surface area contributed by atoms with E-state index < -0.39 is 15.9 Å². The first-order valence-corrected chi connectivity index (χ1v) is 8.67. The average Bonchev–Trinajstić information content (AvgIpc) is 2.47. The van der Waals surface area contributed by atoms with Gasteiger partial charge in [0.25, 0.3) is 0 Å². The molecule has 0 aliphatic rings. The molecule has 2 atom stereocenters. The van der Waals surface area contributed by atoms with Crippen LogP contribution in [0.3, 0.4) is 0 Å². The summed E-state index contributed by atoms with van der Waals surface area (Å²) in [5, 5.41) is 1.31. The normalized spacial score (nSPS) is 13.3. The van der Waals surface area contributed by atoms with Crippen molar-refractivity contribution in [2.45, 2.75) is 0 Å². The van der Waals surface area contributed by atoms with Crippen molar-refractivity contribution in [2.24, 2.45) is 0 Å². The van der Waals surface area contributed by atoms with Gasteiger partial charge in [0.1, 0.15) is 0 Å². The summed E-state index contributed by atoms with van der Waals surface area (Å²) in [4.78, 5) is 18.2. The molecule has 0 radical (unpaired) electrons. The van der Waals surface area contributed by atoms with Gasteiger partial charge in [-0.3, -0.25) is 4.57 Å². The predicted octanol–water partition coefficient (Wildman–Crippen LogP) is 3.61. The second-order valence-electron chi connectivity index (χ2n) is 3.81. The molecule has 2 aromatic rings. The Kier molecular flexibility index (Phi) is 7.12. The molecule has 0 saturated carbocycles. The van der Waals surface area contributed by atoms with Crippen molar-refractivity contribution in [3.05, 3.63) is 68.1 Å². The molecule has 0 aliphatic heterocycles. The molecule has 0 amide bonds. The Labute approximate surface area is 128 Å². The standard InChI is InChI=1S/C10H8O5P2.C4H6O/c11-16(12)15-17(13,14)10-7-3-5-8-4-1-2-6-9(8)10;1-3-5-4-2/h1-7H,(H-,11,12,13,14);3-4H,1-2H2/p+1. The van der Waals surface area contributed by atoms with Crippen LogP contribution in [0.1, 0.15) is 0 Å². The fourth-order valence-corrected chi connectivity index (χ4v) is 3.55. The Bertz CT molecular complexity index is 717. The number of hydrogen-bond donors (Lipinski definition) is 2. The van der Waals surface area contributed by atoms with Crippen molar-refractivity contribution in [3.63, 3.8) is 0 Å². The molecule has 0 heterocycles. The van der Waals surface area contributed by atoms with Gasteiger partial charge in [-0.05, 0) is 21.1 Å². The SMILES string of the molecule is C=COC=C.O=[P+](O)OP(=O)(O)c1cccc2ccccc12. The monoisotopic (exact) mass is 341 g/mol. The molecule has 0 spiro atoms. The third-order valence-electron chi connectivity index (χ3n) is 2.44. The van der Waals surface area contributed by atoms with Crippen LogP contribution in [0.5, 0.6) is 0 Å². The fourth-order valence-electron chi connectivity index (χ4n) is 1.66. The smallest absolute Gasteiger partial charge is 0.474 e. The molecule has 2 N–H and O–H groups in total. The Balaban J connectivity index is 0.000000422. The summed E-state index contributed by atoms with van der Waals surface area (Å²) >= 11 is 0. The van der Waals surface area contributed by atoms with E-state index in [0.29, 0.717) is 5.39 Å². The zero-order valence-electron chi connectivity index (χ0n) is 11.5. The highest BCUT2D eigenvalue weighted by atomic mass is 31.2. The molecule has 2 rings (SSSR count). The molecule has 0 saturated heterocycles. The number of rotatable bonds is 5. The molecule has 2 aromatic carbocycles. The van der Waals surface area contributed by atoms with Gasteiger partial charge >= 0.3 is 15.9 Å².